The Kier molecular flexibility index (Phi) is 3.36. The van der Waals surface area contributed by atoms with E-state index in [1.807, 2.05) is 18.2 Å². The van der Waals surface area contributed by atoms with Gasteiger partial charge in [0.2, 0.25) is 0 Å². The van der Waals surface area contributed by atoms with Crippen LogP contribution in [0.2, 0.25) is 5.02 Å². The normalized spacial score (nSPS) is 15.5. The van der Waals surface area contributed by atoms with Crippen molar-refractivity contribution < 1.29 is 9.90 Å². The number of fused-ring (bicyclic) bond motifs is 1. The standard InChI is InChI=1S/C12H13ClN2O2/c13-9-3-1-2-8-7(4-5-15-11(8)9)6-10(14)12(16)17/h1-4,10,15H,5-6,14H2,(H,16,17). The largest absolute Gasteiger partial charge is 0.480 e. The quantitative estimate of drug-likeness (QED) is 0.769. The molecule has 0 saturated heterocycles. The maximum Gasteiger partial charge on any atom is 0.320 e. The molecule has 1 atom stereocenters. The van der Waals surface area contributed by atoms with E-state index in [0.717, 1.165) is 16.8 Å². The number of hydrogen-bond donors (Lipinski definition) is 3. The lowest BCUT2D eigenvalue weighted by molar-refractivity contribution is -0.138. The van der Waals surface area contributed by atoms with Crippen LogP contribution in [0.25, 0.3) is 5.57 Å². The number of carboxylic acid groups (broad SMARTS) is 1. The predicted octanol–water partition coefficient (Wildman–Crippen LogP) is 1.95. The number of para-hydroxylation sites is 1. The van der Waals surface area contributed by atoms with Gasteiger partial charge in [-0.1, -0.05) is 29.8 Å². The fourth-order valence-corrected chi connectivity index (χ4v) is 2.12. The first-order valence-electron chi connectivity index (χ1n) is 5.30. The summed E-state index contributed by atoms with van der Waals surface area (Å²) in [6.45, 7) is 0.637. The van der Waals surface area contributed by atoms with Gasteiger partial charge in [0.05, 0.1) is 10.7 Å². The molecular formula is C12H13ClN2O2. The minimum atomic E-state index is -0.993. The highest BCUT2D eigenvalue weighted by molar-refractivity contribution is 6.33. The van der Waals surface area contributed by atoms with Crippen molar-refractivity contribution in [3.63, 3.8) is 0 Å². The maximum absolute atomic E-state index is 10.8. The third kappa shape index (κ3) is 2.43. The van der Waals surface area contributed by atoms with E-state index >= 15 is 0 Å². The summed E-state index contributed by atoms with van der Waals surface area (Å²) in [5, 5.41) is 12.6. The molecule has 2 rings (SSSR count). The van der Waals surface area contributed by atoms with Crippen LogP contribution in [0.15, 0.2) is 24.3 Å². The number of rotatable bonds is 3. The Hall–Kier alpha value is -1.52. The van der Waals surface area contributed by atoms with Gasteiger partial charge < -0.3 is 16.2 Å². The van der Waals surface area contributed by atoms with Gasteiger partial charge in [0.1, 0.15) is 6.04 Å². The van der Waals surface area contributed by atoms with Crippen LogP contribution < -0.4 is 11.1 Å². The van der Waals surface area contributed by atoms with E-state index in [1.54, 1.807) is 6.07 Å². The molecule has 1 heterocycles. The van der Waals surface area contributed by atoms with Crippen molar-refractivity contribution >= 4 is 28.8 Å². The molecule has 1 unspecified atom stereocenters. The Balaban J connectivity index is 2.30. The number of hydrogen-bond acceptors (Lipinski definition) is 3. The van der Waals surface area contributed by atoms with Crippen molar-refractivity contribution in [3.8, 4) is 0 Å². The lowest BCUT2D eigenvalue weighted by Gasteiger charge is -2.21. The average molecular weight is 253 g/mol. The molecule has 0 spiro atoms. The van der Waals surface area contributed by atoms with Gasteiger partial charge in [-0.2, -0.15) is 0 Å². The Morgan fingerprint density at radius 2 is 2.35 bits per heavy atom. The van der Waals surface area contributed by atoms with Gasteiger partial charge in [-0.15, -0.1) is 0 Å². The van der Waals surface area contributed by atoms with Gasteiger partial charge in [0.25, 0.3) is 0 Å². The summed E-state index contributed by atoms with van der Waals surface area (Å²) in [6.07, 6.45) is 2.26. The lowest BCUT2D eigenvalue weighted by atomic mass is 9.95. The first kappa shape index (κ1) is 12.0. The highest BCUT2D eigenvalue weighted by atomic mass is 35.5. The molecule has 0 aromatic heterocycles. The van der Waals surface area contributed by atoms with Crippen LogP contribution in [0.4, 0.5) is 5.69 Å². The van der Waals surface area contributed by atoms with Crippen molar-refractivity contribution in [3.05, 3.63) is 34.9 Å². The number of nitrogens with one attached hydrogen (secondary N) is 1. The fourth-order valence-electron chi connectivity index (χ4n) is 1.88. The van der Waals surface area contributed by atoms with Crippen LogP contribution in [-0.2, 0) is 4.79 Å². The summed E-state index contributed by atoms with van der Waals surface area (Å²) in [6, 6.07) is 4.67. The molecule has 0 fully saturated rings. The molecule has 5 heteroatoms. The molecule has 1 aromatic rings. The van der Waals surface area contributed by atoms with E-state index in [9.17, 15) is 4.79 Å². The second-order valence-electron chi connectivity index (χ2n) is 3.92. The summed E-state index contributed by atoms with van der Waals surface area (Å²) in [5.41, 5.74) is 8.26. The zero-order valence-corrected chi connectivity index (χ0v) is 9.87. The Morgan fingerprint density at radius 3 is 3.06 bits per heavy atom. The van der Waals surface area contributed by atoms with Gasteiger partial charge in [-0.25, -0.2) is 0 Å². The zero-order chi connectivity index (χ0) is 12.4. The van der Waals surface area contributed by atoms with Crippen LogP contribution in [0.5, 0.6) is 0 Å². The smallest absolute Gasteiger partial charge is 0.320 e. The van der Waals surface area contributed by atoms with E-state index in [-0.39, 0.29) is 0 Å². The molecule has 0 amide bonds. The number of halogens is 1. The summed E-state index contributed by atoms with van der Waals surface area (Å²) in [5.74, 6) is -0.993. The van der Waals surface area contributed by atoms with Crippen molar-refractivity contribution in [2.75, 3.05) is 11.9 Å². The van der Waals surface area contributed by atoms with Gasteiger partial charge in [-0.05, 0) is 18.1 Å². The van der Waals surface area contributed by atoms with E-state index < -0.39 is 12.0 Å². The van der Waals surface area contributed by atoms with Crippen molar-refractivity contribution in [2.45, 2.75) is 12.5 Å². The average Bonchev–Trinajstić information content (AvgIpc) is 2.30. The molecule has 0 saturated carbocycles. The van der Waals surface area contributed by atoms with E-state index in [4.69, 9.17) is 22.4 Å². The zero-order valence-electron chi connectivity index (χ0n) is 9.11. The van der Waals surface area contributed by atoms with Gasteiger partial charge >= 0.3 is 5.97 Å². The molecular weight excluding hydrogens is 240 g/mol. The molecule has 1 aliphatic rings. The topological polar surface area (TPSA) is 75.3 Å². The number of carbonyl (C=O) groups is 1. The van der Waals surface area contributed by atoms with Crippen LogP contribution in [0.3, 0.4) is 0 Å². The number of anilines is 1. The van der Waals surface area contributed by atoms with Crippen LogP contribution in [0.1, 0.15) is 12.0 Å². The number of nitrogens with two attached hydrogens (primary N) is 1. The number of aliphatic carboxylic acids is 1. The summed E-state index contributed by atoms with van der Waals surface area (Å²) < 4.78 is 0. The Morgan fingerprint density at radius 1 is 1.59 bits per heavy atom. The maximum atomic E-state index is 10.8. The molecule has 0 bridgehead atoms. The summed E-state index contributed by atoms with van der Waals surface area (Å²) in [4.78, 5) is 10.8. The minimum absolute atomic E-state index is 0.310. The number of carboxylic acids is 1. The van der Waals surface area contributed by atoms with Gasteiger partial charge in [0.15, 0.2) is 0 Å². The summed E-state index contributed by atoms with van der Waals surface area (Å²) in [7, 11) is 0. The van der Waals surface area contributed by atoms with Crippen LogP contribution in [0, 0.1) is 0 Å². The first-order chi connectivity index (χ1) is 8.09. The molecule has 17 heavy (non-hydrogen) atoms. The Labute approximate surface area is 104 Å². The van der Waals surface area contributed by atoms with E-state index in [0.29, 0.717) is 18.0 Å². The number of benzene rings is 1. The second-order valence-corrected chi connectivity index (χ2v) is 4.33. The molecule has 1 aliphatic heterocycles. The summed E-state index contributed by atoms with van der Waals surface area (Å²) >= 11 is 6.07. The highest BCUT2D eigenvalue weighted by Gasteiger charge is 2.19. The van der Waals surface area contributed by atoms with Crippen LogP contribution in [-0.4, -0.2) is 23.7 Å². The van der Waals surface area contributed by atoms with Crippen molar-refractivity contribution in [1.82, 2.24) is 0 Å². The highest BCUT2D eigenvalue weighted by Crippen LogP contribution is 2.35. The third-order valence-electron chi connectivity index (χ3n) is 2.74. The van der Waals surface area contributed by atoms with Gasteiger partial charge in [-0.3, -0.25) is 4.79 Å². The molecule has 1 aromatic carbocycles. The SMILES string of the molecule is NC(CC1=CCNc2c(Cl)cccc21)C(=O)O. The molecule has 90 valence electrons. The second kappa shape index (κ2) is 4.77. The van der Waals surface area contributed by atoms with Crippen molar-refractivity contribution in [2.24, 2.45) is 5.73 Å². The first-order valence-corrected chi connectivity index (χ1v) is 5.67. The van der Waals surface area contributed by atoms with Gasteiger partial charge in [0, 0.05) is 12.1 Å². The third-order valence-corrected chi connectivity index (χ3v) is 3.06. The fraction of sp³-hybridized carbons (Fsp3) is 0.250. The molecule has 4 nitrogen and oxygen atoms in total. The van der Waals surface area contributed by atoms with Crippen LogP contribution >= 0.6 is 11.6 Å². The van der Waals surface area contributed by atoms with E-state index in [2.05, 4.69) is 5.32 Å². The lowest BCUT2D eigenvalue weighted by Crippen LogP contribution is -2.30. The molecule has 4 N–H and O–H groups in total. The van der Waals surface area contributed by atoms with Crippen molar-refractivity contribution in [1.29, 1.82) is 0 Å². The molecule has 0 aliphatic carbocycles. The monoisotopic (exact) mass is 252 g/mol. The predicted molar refractivity (Wildman–Crippen MR) is 68.1 cm³/mol. The Bertz CT molecular complexity index is 485. The molecule has 0 radical (unpaired) electrons. The minimum Gasteiger partial charge on any atom is -0.480 e. The van der Waals surface area contributed by atoms with E-state index in [1.165, 1.54) is 0 Å².